The highest BCUT2D eigenvalue weighted by Crippen LogP contribution is 2.17. The lowest BCUT2D eigenvalue weighted by atomic mass is 10.3. The Bertz CT molecular complexity index is 567. The Labute approximate surface area is 115 Å². The van der Waals surface area contributed by atoms with Crippen molar-refractivity contribution < 1.29 is 9.66 Å². The molecule has 0 spiro atoms. The van der Waals surface area contributed by atoms with E-state index in [9.17, 15) is 10.1 Å². The standard InChI is InChI=1S/C12H15N5O3/c13-7-1-2-11-14-12(16-15-11)8-20-10-5-3-9(4-6-10)17(18)19/h3-6H,1-2,7-8,13H2,(H,14,15,16). The molecule has 0 aliphatic heterocycles. The summed E-state index contributed by atoms with van der Waals surface area (Å²) in [6.07, 6.45) is 1.56. The highest BCUT2D eigenvalue weighted by Gasteiger charge is 2.06. The first kappa shape index (κ1) is 13.9. The molecule has 0 bridgehead atoms. The molecule has 0 saturated carbocycles. The van der Waals surface area contributed by atoms with Crippen LogP contribution >= 0.6 is 0 Å². The van der Waals surface area contributed by atoms with E-state index in [1.165, 1.54) is 12.1 Å². The molecule has 0 saturated heterocycles. The second kappa shape index (κ2) is 6.62. The maximum atomic E-state index is 10.5. The van der Waals surface area contributed by atoms with Gasteiger partial charge in [0.1, 0.15) is 12.4 Å². The summed E-state index contributed by atoms with van der Waals surface area (Å²) in [5.74, 6) is 1.85. The van der Waals surface area contributed by atoms with Gasteiger partial charge < -0.3 is 10.5 Å². The zero-order chi connectivity index (χ0) is 14.4. The number of non-ortho nitro benzene ring substituents is 1. The monoisotopic (exact) mass is 277 g/mol. The first-order valence-electron chi connectivity index (χ1n) is 6.16. The lowest BCUT2D eigenvalue weighted by Crippen LogP contribution is -2.01. The Hall–Kier alpha value is -2.48. The van der Waals surface area contributed by atoms with Gasteiger partial charge in [-0.05, 0) is 25.1 Å². The Morgan fingerprint density at radius 3 is 2.75 bits per heavy atom. The predicted molar refractivity (Wildman–Crippen MR) is 71.2 cm³/mol. The van der Waals surface area contributed by atoms with Gasteiger partial charge in [-0.2, -0.15) is 5.10 Å². The van der Waals surface area contributed by atoms with Crippen molar-refractivity contribution >= 4 is 5.69 Å². The van der Waals surface area contributed by atoms with Gasteiger partial charge in [-0.15, -0.1) is 0 Å². The van der Waals surface area contributed by atoms with Crippen LogP contribution in [0, 0.1) is 10.1 Å². The van der Waals surface area contributed by atoms with E-state index >= 15 is 0 Å². The van der Waals surface area contributed by atoms with Crippen LogP contribution in [-0.4, -0.2) is 26.6 Å². The van der Waals surface area contributed by atoms with E-state index in [1.54, 1.807) is 12.1 Å². The largest absolute Gasteiger partial charge is 0.486 e. The molecule has 0 amide bonds. The van der Waals surface area contributed by atoms with Crippen LogP contribution in [0.2, 0.25) is 0 Å². The summed E-state index contributed by atoms with van der Waals surface area (Å²) in [5.41, 5.74) is 5.44. The number of nitrogens with two attached hydrogens (primary N) is 1. The van der Waals surface area contributed by atoms with Crippen molar-refractivity contribution in [3.8, 4) is 5.75 Å². The van der Waals surface area contributed by atoms with Crippen molar-refractivity contribution in [2.45, 2.75) is 19.4 Å². The highest BCUT2D eigenvalue weighted by molar-refractivity contribution is 5.35. The average molecular weight is 277 g/mol. The normalized spacial score (nSPS) is 10.4. The van der Waals surface area contributed by atoms with Gasteiger partial charge in [0.25, 0.3) is 5.69 Å². The first-order chi connectivity index (χ1) is 9.69. The topological polar surface area (TPSA) is 120 Å². The fraction of sp³-hybridized carbons (Fsp3) is 0.333. The van der Waals surface area contributed by atoms with Crippen LogP contribution in [0.25, 0.3) is 0 Å². The minimum Gasteiger partial charge on any atom is -0.486 e. The van der Waals surface area contributed by atoms with Crippen molar-refractivity contribution in [1.82, 2.24) is 15.2 Å². The van der Waals surface area contributed by atoms with Gasteiger partial charge in [0.15, 0.2) is 11.6 Å². The molecule has 0 aliphatic carbocycles. The van der Waals surface area contributed by atoms with Crippen molar-refractivity contribution in [1.29, 1.82) is 0 Å². The molecule has 2 rings (SSSR count). The molecule has 1 heterocycles. The number of nitrogens with one attached hydrogen (secondary N) is 1. The summed E-state index contributed by atoms with van der Waals surface area (Å²) in [5, 5.41) is 17.3. The minimum absolute atomic E-state index is 0.0288. The van der Waals surface area contributed by atoms with E-state index in [0.29, 0.717) is 23.9 Å². The molecular weight excluding hydrogens is 262 g/mol. The van der Waals surface area contributed by atoms with Gasteiger partial charge >= 0.3 is 0 Å². The van der Waals surface area contributed by atoms with Gasteiger partial charge in [0.2, 0.25) is 0 Å². The Morgan fingerprint density at radius 1 is 1.35 bits per heavy atom. The van der Waals surface area contributed by atoms with Crippen LogP contribution in [0.1, 0.15) is 18.1 Å². The maximum Gasteiger partial charge on any atom is 0.269 e. The molecule has 0 unspecified atom stereocenters. The Morgan fingerprint density at radius 2 is 2.10 bits per heavy atom. The molecule has 0 radical (unpaired) electrons. The molecule has 106 valence electrons. The highest BCUT2D eigenvalue weighted by atomic mass is 16.6. The molecule has 20 heavy (non-hydrogen) atoms. The van der Waals surface area contributed by atoms with E-state index in [0.717, 1.165) is 12.8 Å². The lowest BCUT2D eigenvalue weighted by molar-refractivity contribution is -0.384. The number of nitro groups is 1. The Kier molecular flexibility index (Phi) is 4.61. The number of ether oxygens (including phenoxy) is 1. The second-order valence-corrected chi connectivity index (χ2v) is 4.13. The maximum absolute atomic E-state index is 10.5. The number of aryl methyl sites for hydroxylation is 1. The third kappa shape index (κ3) is 3.75. The zero-order valence-corrected chi connectivity index (χ0v) is 10.8. The van der Waals surface area contributed by atoms with Gasteiger partial charge in [-0.3, -0.25) is 15.2 Å². The van der Waals surface area contributed by atoms with E-state index < -0.39 is 4.92 Å². The lowest BCUT2D eigenvalue weighted by Gasteiger charge is -2.02. The number of aromatic nitrogens is 3. The van der Waals surface area contributed by atoms with Crippen LogP contribution in [0.3, 0.4) is 0 Å². The third-order valence-corrected chi connectivity index (χ3v) is 2.61. The fourth-order valence-corrected chi connectivity index (χ4v) is 1.59. The summed E-state index contributed by atoms with van der Waals surface area (Å²) in [7, 11) is 0. The molecule has 8 nitrogen and oxygen atoms in total. The zero-order valence-electron chi connectivity index (χ0n) is 10.8. The SMILES string of the molecule is NCCCc1n[nH]c(COc2ccc([N+](=O)[O-])cc2)n1. The third-order valence-electron chi connectivity index (χ3n) is 2.61. The van der Waals surface area contributed by atoms with Crippen LogP contribution in [-0.2, 0) is 13.0 Å². The molecule has 8 heteroatoms. The number of H-pyrrole nitrogens is 1. The summed E-state index contributed by atoms with van der Waals surface area (Å²) < 4.78 is 5.46. The van der Waals surface area contributed by atoms with E-state index in [2.05, 4.69) is 15.2 Å². The molecule has 3 N–H and O–H groups in total. The number of hydrogen-bond donors (Lipinski definition) is 2. The summed E-state index contributed by atoms with van der Waals surface area (Å²) >= 11 is 0. The summed E-state index contributed by atoms with van der Waals surface area (Å²) in [6, 6.07) is 5.87. The van der Waals surface area contributed by atoms with Crippen molar-refractivity contribution in [3.63, 3.8) is 0 Å². The van der Waals surface area contributed by atoms with Crippen molar-refractivity contribution in [3.05, 3.63) is 46.0 Å². The predicted octanol–water partition coefficient (Wildman–Crippen LogP) is 1.18. The minimum atomic E-state index is -0.454. The number of aromatic amines is 1. The van der Waals surface area contributed by atoms with Gasteiger partial charge in [-0.25, -0.2) is 4.98 Å². The molecule has 0 fully saturated rings. The van der Waals surface area contributed by atoms with Crippen molar-refractivity contribution in [2.75, 3.05) is 6.54 Å². The molecular formula is C12H15N5O3. The summed E-state index contributed by atoms with van der Waals surface area (Å²) in [4.78, 5) is 14.3. The fourth-order valence-electron chi connectivity index (χ4n) is 1.59. The molecule has 0 atom stereocenters. The number of rotatable bonds is 7. The first-order valence-corrected chi connectivity index (χ1v) is 6.16. The number of benzene rings is 1. The molecule has 1 aromatic carbocycles. The molecule has 2 aromatic rings. The number of nitrogens with zero attached hydrogens (tertiary/aromatic N) is 3. The van der Waals surface area contributed by atoms with Gasteiger partial charge in [0, 0.05) is 18.6 Å². The second-order valence-electron chi connectivity index (χ2n) is 4.13. The average Bonchev–Trinajstić information content (AvgIpc) is 2.91. The quantitative estimate of drug-likeness (QED) is 0.579. The van der Waals surface area contributed by atoms with Gasteiger partial charge in [-0.1, -0.05) is 0 Å². The molecule has 0 aliphatic rings. The van der Waals surface area contributed by atoms with E-state index in [-0.39, 0.29) is 12.3 Å². The smallest absolute Gasteiger partial charge is 0.269 e. The van der Waals surface area contributed by atoms with E-state index in [1.807, 2.05) is 0 Å². The molecule has 1 aromatic heterocycles. The van der Waals surface area contributed by atoms with Gasteiger partial charge in [0.05, 0.1) is 4.92 Å². The Balaban J connectivity index is 1.88. The number of hydrogen-bond acceptors (Lipinski definition) is 6. The number of nitro benzene ring substituents is 1. The van der Waals surface area contributed by atoms with Crippen LogP contribution < -0.4 is 10.5 Å². The van der Waals surface area contributed by atoms with Crippen LogP contribution in [0.4, 0.5) is 5.69 Å². The summed E-state index contributed by atoms with van der Waals surface area (Å²) in [6.45, 7) is 0.830. The van der Waals surface area contributed by atoms with E-state index in [4.69, 9.17) is 10.5 Å². The van der Waals surface area contributed by atoms with Crippen LogP contribution in [0.5, 0.6) is 5.75 Å². The van der Waals surface area contributed by atoms with Crippen molar-refractivity contribution in [2.24, 2.45) is 5.73 Å². The van der Waals surface area contributed by atoms with Crippen LogP contribution in [0.15, 0.2) is 24.3 Å².